The van der Waals surface area contributed by atoms with Crippen LogP contribution < -0.4 is 10.6 Å². The van der Waals surface area contributed by atoms with Crippen molar-refractivity contribution in [3.05, 3.63) is 71.8 Å². The highest BCUT2D eigenvalue weighted by Crippen LogP contribution is 2.16. The minimum absolute atomic E-state index is 0.128. The fourth-order valence-electron chi connectivity index (χ4n) is 3.28. The average molecular weight is 483 g/mol. The maximum absolute atomic E-state index is 12.8. The molecule has 1 atom stereocenters. The molecule has 0 saturated heterocycles. The van der Waals surface area contributed by atoms with Gasteiger partial charge in [-0.2, -0.15) is 0 Å². The number of amides is 2. The van der Waals surface area contributed by atoms with Crippen molar-refractivity contribution in [2.24, 2.45) is 5.92 Å². The van der Waals surface area contributed by atoms with Crippen LogP contribution in [-0.4, -0.2) is 49.1 Å². The van der Waals surface area contributed by atoms with Crippen molar-refractivity contribution < 1.29 is 28.7 Å². The molecule has 0 heterocycles. The lowest BCUT2D eigenvalue weighted by Gasteiger charge is -2.22. The van der Waals surface area contributed by atoms with Gasteiger partial charge in [0, 0.05) is 6.54 Å². The van der Waals surface area contributed by atoms with Crippen LogP contribution in [0.5, 0.6) is 0 Å². The number of carbonyl (C=O) groups is 4. The van der Waals surface area contributed by atoms with E-state index < -0.39 is 48.4 Å². The van der Waals surface area contributed by atoms with Gasteiger partial charge in [-0.1, -0.05) is 60.7 Å². The van der Waals surface area contributed by atoms with Gasteiger partial charge in [-0.15, -0.1) is 0 Å². The van der Waals surface area contributed by atoms with Gasteiger partial charge in [-0.3, -0.25) is 19.2 Å². The largest absolute Gasteiger partial charge is 0.460 e. The third kappa shape index (κ3) is 11.8. The highest BCUT2D eigenvalue weighted by Gasteiger charge is 2.26. The lowest BCUT2D eigenvalue weighted by Crippen LogP contribution is -2.39. The van der Waals surface area contributed by atoms with Gasteiger partial charge in [0.1, 0.15) is 12.1 Å². The summed E-state index contributed by atoms with van der Waals surface area (Å²) < 4.78 is 10.3. The second-order valence-electron chi connectivity index (χ2n) is 9.14. The van der Waals surface area contributed by atoms with Crippen LogP contribution in [0.2, 0.25) is 0 Å². The summed E-state index contributed by atoms with van der Waals surface area (Å²) in [6.07, 6.45) is 0.846. The molecule has 2 aromatic carbocycles. The van der Waals surface area contributed by atoms with Crippen LogP contribution in [0.1, 0.15) is 38.3 Å². The van der Waals surface area contributed by atoms with E-state index in [9.17, 15) is 19.2 Å². The first-order valence-electron chi connectivity index (χ1n) is 11.6. The zero-order valence-electron chi connectivity index (χ0n) is 20.5. The summed E-state index contributed by atoms with van der Waals surface area (Å²) in [5.41, 5.74) is 1.30. The smallest absolute Gasteiger partial charge is 0.325 e. The third-order valence-corrected chi connectivity index (χ3v) is 4.88. The molecule has 0 aromatic heterocycles. The highest BCUT2D eigenvalue weighted by atomic mass is 16.6. The zero-order chi connectivity index (χ0) is 25.7. The molecule has 0 aliphatic carbocycles. The first-order valence-corrected chi connectivity index (χ1v) is 11.6. The molecule has 8 heteroatoms. The Morgan fingerprint density at radius 2 is 1.43 bits per heavy atom. The Labute approximate surface area is 206 Å². The van der Waals surface area contributed by atoms with Gasteiger partial charge >= 0.3 is 11.9 Å². The summed E-state index contributed by atoms with van der Waals surface area (Å²) in [6.45, 7) is 4.84. The molecule has 0 aliphatic heterocycles. The molecular weight excluding hydrogens is 448 g/mol. The summed E-state index contributed by atoms with van der Waals surface area (Å²) in [7, 11) is 0. The summed E-state index contributed by atoms with van der Waals surface area (Å²) >= 11 is 0. The van der Waals surface area contributed by atoms with Gasteiger partial charge < -0.3 is 20.1 Å². The van der Waals surface area contributed by atoms with Crippen molar-refractivity contribution in [2.75, 3.05) is 19.7 Å². The van der Waals surface area contributed by atoms with E-state index in [2.05, 4.69) is 10.6 Å². The lowest BCUT2D eigenvalue weighted by molar-refractivity contribution is -0.157. The Morgan fingerprint density at radius 1 is 0.829 bits per heavy atom. The quantitative estimate of drug-likeness (QED) is 0.450. The van der Waals surface area contributed by atoms with E-state index in [0.717, 1.165) is 11.1 Å². The molecule has 0 aliphatic rings. The van der Waals surface area contributed by atoms with Crippen LogP contribution >= 0.6 is 0 Å². The predicted molar refractivity (Wildman–Crippen MR) is 131 cm³/mol. The molecule has 2 aromatic rings. The van der Waals surface area contributed by atoms with Gasteiger partial charge in [0.05, 0.1) is 12.3 Å². The molecule has 0 bridgehead atoms. The van der Waals surface area contributed by atoms with Crippen molar-refractivity contribution in [1.82, 2.24) is 10.6 Å². The third-order valence-electron chi connectivity index (χ3n) is 4.88. The van der Waals surface area contributed by atoms with Crippen molar-refractivity contribution >= 4 is 23.8 Å². The molecule has 8 nitrogen and oxygen atoms in total. The Hall–Kier alpha value is -3.68. The van der Waals surface area contributed by atoms with Gasteiger partial charge in [0.25, 0.3) is 5.91 Å². The van der Waals surface area contributed by atoms with Gasteiger partial charge in [0.15, 0.2) is 6.61 Å². The molecule has 2 N–H and O–H groups in total. The van der Waals surface area contributed by atoms with Crippen LogP contribution in [0.25, 0.3) is 0 Å². The number of ether oxygens (including phenoxy) is 2. The first-order chi connectivity index (χ1) is 16.6. The van der Waals surface area contributed by atoms with E-state index in [1.165, 1.54) is 0 Å². The Kier molecular flexibility index (Phi) is 10.9. The second kappa shape index (κ2) is 13.9. The van der Waals surface area contributed by atoms with E-state index >= 15 is 0 Å². The zero-order valence-corrected chi connectivity index (χ0v) is 20.5. The van der Waals surface area contributed by atoms with Gasteiger partial charge in [-0.05, 0) is 44.7 Å². The van der Waals surface area contributed by atoms with Crippen molar-refractivity contribution in [1.29, 1.82) is 0 Å². The molecule has 2 amide bonds. The van der Waals surface area contributed by atoms with E-state index in [0.29, 0.717) is 19.4 Å². The topological polar surface area (TPSA) is 111 Å². The molecule has 0 radical (unpaired) electrons. The summed E-state index contributed by atoms with van der Waals surface area (Å²) in [5, 5.41) is 5.19. The van der Waals surface area contributed by atoms with Gasteiger partial charge in [-0.25, -0.2) is 0 Å². The number of hydrogen-bond acceptors (Lipinski definition) is 6. The van der Waals surface area contributed by atoms with Gasteiger partial charge in [0.2, 0.25) is 5.91 Å². The molecule has 2 rings (SSSR count). The Balaban J connectivity index is 1.78. The molecule has 0 spiro atoms. The number of nitrogens with one attached hydrogen (secondary N) is 2. The average Bonchev–Trinajstić information content (AvgIpc) is 2.81. The van der Waals surface area contributed by atoms with Crippen molar-refractivity contribution in [3.63, 3.8) is 0 Å². The molecule has 188 valence electrons. The van der Waals surface area contributed by atoms with Crippen LogP contribution in [0, 0.1) is 5.92 Å². The number of carbonyl (C=O) groups excluding carboxylic acids is 4. The summed E-state index contributed by atoms with van der Waals surface area (Å²) in [4.78, 5) is 49.0. The fourth-order valence-corrected chi connectivity index (χ4v) is 3.28. The summed E-state index contributed by atoms with van der Waals surface area (Å²) in [5.74, 6) is -2.85. The molecule has 0 fully saturated rings. The predicted octanol–water partition coefficient (Wildman–Crippen LogP) is 2.60. The van der Waals surface area contributed by atoms with Crippen molar-refractivity contribution in [2.45, 2.75) is 45.6 Å². The second-order valence-corrected chi connectivity index (χ2v) is 9.14. The van der Waals surface area contributed by atoms with Crippen LogP contribution in [-0.2, 0) is 41.5 Å². The molecular formula is C27H34N2O6. The normalized spacial score (nSPS) is 11.7. The minimum atomic E-state index is -0.743. The maximum atomic E-state index is 12.8. The van der Waals surface area contributed by atoms with E-state index in [1.54, 1.807) is 20.8 Å². The molecule has 0 saturated carbocycles. The monoisotopic (exact) mass is 482 g/mol. The number of hydrogen-bond donors (Lipinski definition) is 2. The Morgan fingerprint density at radius 3 is 2.03 bits per heavy atom. The van der Waals surface area contributed by atoms with Crippen LogP contribution in [0.3, 0.4) is 0 Å². The first kappa shape index (κ1) is 27.6. The number of esters is 2. The van der Waals surface area contributed by atoms with E-state index in [4.69, 9.17) is 9.47 Å². The highest BCUT2D eigenvalue weighted by molar-refractivity contribution is 5.87. The Bertz CT molecular complexity index is 970. The van der Waals surface area contributed by atoms with Crippen LogP contribution in [0.15, 0.2) is 60.7 Å². The number of rotatable bonds is 12. The SMILES string of the molecule is CC(C)(C)OC(=O)C[C@@H](Cc1ccccc1)C(=O)NCC(=O)OCC(=O)NCCc1ccccc1. The van der Waals surface area contributed by atoms with E-state index in [-0.39, 0.29) is 6.42 Å². The van der Waals surface area contributed by atoms with E-state index in [1.807, 2.05) is 60.7 Å². The lowest BCUT2D eigenvalue weighted by atomic mass is 9.95. The van der Waals surface area contributed by atoms with Crippen molar-refractivity contribution in [3.8, 4) is 0 Å². The maximum Gasteiger partial charge on any atom is 0.325 e. The fraction of sp³-hybridized carbons (Fsp3) is 0.407. The number of benzene rings is 2. The molecule has 0 unspecified atom stereocenters. The standard InChI is InChI=1S/C27H34N2O6/c1-27(2,3)35-24(31)17-22(16-21-12-8-5-9-13-21)26(33)29-18-25(32)34-19-23(30)28-15-14-20-10-6-4-7-11-20/h4-13,22H,14-19H2,1-3H3,(H,28,30)(H,29,33)/t22-/m1/s1. The summed E-state index contributed by atoms with van der Waals surface area (Å²) in [6, 6.07) is 19.0. The molecule has 35 heavy (non-hydrogen) atoms. The van der Waals surface area contributed by atoms with Crippen LogP contribution in [0.4, 0.5) is 0 Å². The minimum Gasteiger partial charge on any atom is -0.460 e.